The molecule has 1 aromatic carbocycles. The first kappa shape index (κ1) is 16.9. The van der Waals surface area contributed by atoms with Crippen molar-refractivity contribution in [2.75, 3.05) is 13.7 Å². The van der Waals surface area contributed by atoms with Crippen LogP contribution < -0.4 is 4.72 Å². The van der Waals surface area contributed by atoms with Gasteiger partial charge >= 0.3 is 11.9 Å². The zero-order valence-electron chi connectivity index (χ0n) is 10.0. The number of carboxylic acids is 1. The van der Waals surface area contributed by atoms with Crippen molar-refractivity contribution in [1.82, 2.24) is 4.72 Å². The number of hydrogen-bond donors (Lipinski definition) is 2. The van der Waals surface area contributed by atoms with Crippen LogP contribution in [0.25, 0.3) is 0 Å². The normalized spacial score (nSPS) is 11.2. The van der Waals surface area contributed by atoms with E-state index in [1.54, 1.807) is 0 Å². The average molecular weight is 387 g/mol. The number of carboxylic acid groups (broad SMARTS) is 1. The molecule has 0 fully saturated rings. The zero-order chi connectivity index (χ0) is 15.5. The third-order valence-corrected chi connectivity index (χ3v) is 4.82. The van der Waals surface area contributed by atoms with Gasteiger partial charge < -0.3 is 9.84 Å². The van der Waals surface area contributed by atoms with Gasteiger partial charge in [0.1, 0.15) is 6.54 Å². The molecule has 20 heavy (non-hydrogen) atoms. The number of nitrogens with one attached hydrogen (secondary N) is 1. The molecule has 1 aromatic rings. The molecule has 1 rings (SSSR count). The van der Waals surface area contributed by atoms with Crippen molar-refractivity contribution in [3.05, 3.63) is 27.2 Å². The molecular weight excluding hydrogens is 378 g/mol. The number of rotatable bonds is 5. The molecule has 10 heteroatoms. The summed E-state index contributed by atoms with van der Waals surface area (Å²) in [5.74, 6) is -2.15. The number of carbonyl (C=O) groups is 2. The maximum atomic E-state index is 11.9. The molecule has 0 spiro atoms. The quantitative estimate of drug-likeness (QED) is 0.737. The Morgan fingerprint density at radius 1 is 1.45 bits per heavy atom. The molecule has 110 valence electrons. The monoisotopic (exact) mass is 385 g/mol. The van der Waals surface area contributed by atoms with E-state index in [0.717, 1.165) is 19.2 Å². The first-order valence-electron chi connectivity index (χ1n) is 4.98. The minimum Gasteiger partial charge on any atom is -0.478 e. The van der Waals surface area contributed by atoms with Crippen LogP contribution in [0.5, 0.6) is 0 Å². The second-order valence-electron chi connectivity index (χ2n) is 3.47. The molecule has 0 aliphatic heterocycles. The molecule has 0 aliphatic rings. The summed E-state index contributed by atoms with van der Waals surface area (Å²) in [6.45, 7) is -0.568. The van der Waals surface area contributed by atoms with Crippen LogP contribution in [0.15, 0.2) is 21.5 Å². The van der Waals surface area contributed by atoms with Crippen LogP contribution >= 0.6 is 27.5 Å². The standard InChI is InChI=1S/C10H9BrClNO6S/c1-19-8(14)4-13-20(17,18)5-2-6(10(15)16)9(12)7(11)3-5/h2-3,13H,4H2,1H3,(H,15,16). The highest BCUT2D eigenvalue weighted by atomic mass is 79.9. The molecule has 0 aliphatic carbocycles. The van der Waals surface area contributed by atoms with E-state index < -0.39 is 28.5 Å². The Labute approximate surface area is 128 Å². The van der Waals surface area contributed by atoms with Crippen molar-refractivity contribution in [2.24, 2.45) is 0 Å². The molecule has 0 radical (unpaired) electrons. The fourth-order valence-electron chi connectivity index (χ4n) is 1.18. The number of ether oxygens (including phenoxy) is 1. The largest absolute Gasteiger partial charge is 0.478 e. The van der Waals surface area contributed by atoms with Crippen molar-refractivity contribution < 1.29 is 27.9 Å². The van der Waals surface area contributed by atoms with Gasteiger partial charge in [0.25, 0.3) is 0 Å². The summed E-state index contributed by atoms with van der Waals surface area (Å²) in [5.41, 5.74) is -0.375. The van der Waals surface area contributed by atoms with Crippen LogP contribution in [-0.2, 0) is 19.6 Å². The smallest absolute Gasteiger partial charge is 0.337 e. The van der Waals surface area contributed by atoms with Crippen molar-refractivity contribution in [2.45, 2.75) is 4.90 Å². The van der Waals surface area contributed by atoms with Crippen LogP contribution in [-0.4, -0.2) is 39.1 Å². The zero-order valence-corrected chi connectivity index (χ0v) is 13.2. The Kier molecular flexibility index (Phi) is 5.51. The number of aromatic carboxylic acids is 1. The highest BCUT2D eigenvalue weighted by Crippen LogP contribution is 2.29. The minimum absolute atomic E-state index is 0.109. The Hall–Kier alpha value is -1.16. The molecule has 0 aromatic heterocycles. The summed E-state index contributed by atoms with van der Waals surface area (Å²) in [6, 6.07) is 2.03. The fourth-order valence-corrected chi connectivity index (χ4v) is 3.01. The van der Waals surface area contributed by atoms with Gasteiger partial charge in [-0.15, -0.1) is 0 Å². The predicted octanol–water partition coefficient (Wildman–Crippen LogP) is 1.25. The Bertz CT molecular complexity index is 660. The summed E-state index contributed by atoms with van der Waals surface area (Å²) < 4.78 is 30.2. The van der Waals surface area contributed by atoms with Gasteiger partial charge in [-0.25, -0.2) is 13.2 Å². The second kappa shape index (κ2) is 6.53. The second-order valence-corrected chi connectivity index (χ2v) is 6.47. The highest BCUT2D eigenvalue weighted by Gasteiger charge is 2.21. The summed E-state index contributed by atoms with van der Waals surface area (Å²) in [5, 5.41) is 8.82. The number of methoxy groups -OCH3 is 1. The van der Waals surface area contributed by atoms with E-state index in [0.29, 0.717) is 0 Å². The van der Waals surface area contributed by atoms with Crippen LogP contribution in [0.2, 0.25) is 5.02 Å². The minimum atomic E-state index is -4.06. The Balaban J connectivity index is 3.19. The summed E-state index contributed by atoms with van der Waals surface area (Å²) in [7, 11) is -2.95. The van der Waals surface area contributed by atoms with Crippen LogP contribution in [0, 0.1) is 0 Å². The Morgan fingerprint density at radius 3 is 2.55 bits per heavy atom. The topological polar surface area (TPSA) is 110 Å². The molecule has 7 nitrogen and oxygen atoms in total. The molecule has 0 unspecified atom stereocenters. The van der Waals surface area contributed by atoms with Crippen molar-refractivity contribution in [3.63, 3.8) is 0 Å². The third-order valence-electron chi connectivity index (χ3n) is 2.18. The van der Waals surface area contributed by atoms with Gasteiger partial charge in [-0.2, -0.15) is 4.72 Å². The van der Waals surface area contributed by atoms with E-state index in [1.807, 2.05) is 4.72 Å². The number of esters is 1. The first-order chi connectivity index (χ1) is 9.19. The maximum absolute atomic E-state index is 11.9. The molecule has 0 atom stereocenters. The van der Waals surface area contributed by atoms with Gasteiger partial charge in [0.15, 0.2) is 0 Å². The van der Waals surface area contributed by atoms with E-state index in [4.69, 9.17) is 16.7 Å². The van der Waals surface area contributed by atoms with E-state index >= 15 is 0 Å². The summed E-state index contributed by atoms with van der Waals surface area (Å²) in [4.78, 5) is 21.5. The summed E-state index contributed by atoms with van der Waals surface area (Å²) in [6.07, 6.45) is 0. The highest BCUT2D eigenvalue weighted by molar-refractivity contribution is 9.10. The average Bonchev–Trinajstić information content (AvgIpc) is 2.38. The first-order valence-corrected chi connectivity index (χ1v) is 7.63. The lowest BCUT2D eigenvalue weighted by Gasteiger charge is -2.09. The van der Waals surface area contributed by atoms with Crippen molar-refractivity contribution in [3.8, 4) is 0 Å². The van der Waals surface area contributed by atoms with Crippen molar-refractivity contribution >= 4 is 49.5 Å². The number of halogens is 2. The van der Waals surface area contributed by atoms with Crippen LogP contribution in [0.3, 0.4) is 0 Å². The SMILES string of the molecule is COC(=O)CNS(=O)(=O)c1cc(Br)c(Cl)c(C(=O)O)c1. The van der Waals surface area contributed by atoms with Gasteiger partial charge in [-0.05, 0) is 28.1 Å². The molecular formula is C10H9BrClNO6S. The molecule has 0 amide bonds. The summed E-state index contributed by atoms with van der Waals surface area (Å²) >= 11 is 8.72. The van der Waals surface area contributed by atoms with Crippen LogP contribution in [0.1, 0.15) is 10.4 Å². The van der Waals surface area contributed by atoms with Gasteiger partial charge in [0, 0.05) is 4.47 Å². The van der Waals surface area contributed by atoms with E-state index in [-0.39, 0.29) is 20.0 Å². The molecule has 0 saturated carbocycles. The number of benzene rings is 1. The van der Waals surface area contributed by atoms with Gasteiger partial charge in [0.05, 0.1) is 22.6 Å². The number of carbonyl (C=O) groups excluding carboxylic acids is 1. The Morgan fingerprint density at radius 2 is 2.05 bits per heavy atom. The predicted molar refractivity (Wildman–Crippen MR) is 73.3 cm³/mol. The van der Waals surface area contributed by atoms with Crippen LogP contribution in [0.4, 0.5) is 0 Å². The van der Waals surface area contributed by atoms with Gasteiger partial charge in [-0.3, -0.25) is 4.79 Å². The lowest BCUT2D eigenvalue weighted by molar-refractivity contribution is -0.139. The van der Waals surface area contributed by atoms with E-state index in [9.17, 15) is 18.0 Å². The molecule has 0 heterocycles. The number of hydrogen-bond acceptors (Lipinski definition) is 5. The molecule has 0 saturated heterocycles. The lowest BCUT2D eigenvalue weighted by Crippen LogP contribution is -2.30. The number of sulfonamides is 1. The van der Waals surface area contributed by atoms with Crippen molar-refractivity contribution in [1.29, 1.82) is 0 Å². The fraction of sp³-hybridized carbons (Fsp3) is 0.200. The maximum Gasteiger partial charge on any atom is 0.337 e. The molecule has 2 N–H and O–H groups in total. The van der Waals surface area contributed by atoms with Gasteiger partial charge in [-0.1, -0.05) is 11.6 Å². The van der Waals surface area contributed by atoms with E-state index in [2.05, 4.69) is 20.7 Å². The van der Waals surface area contributed by atoms with Gasteiger partial charge in [0.2, 0.25) is 10.0 Å². The van der Waals surface area contributed by atoms with E-state index in [1.165, 1.54) is 0 Å². The third kappa shape index (κ3) is 3.92. The molecule has 0 bridgehead atoms. The lowest BCUT2D eigenvalue weighted by atomic mass is 10.2.